The monoisotopic (exact) mass is 228 g/mol. The van der Waals surface area contributed by atoms with Gasteiger partial charge in [0.2, 0.25) is 0 Å². The summed E-state index contributed by atoms with van der Waals surface area (Å²) in [6.07, 6.45) is 5.89. The molecule has 0 saturated heterocycles. The van der Waals surface area contributed by atoms with Crippen LogP contribution in [0, 0.1) is 5.92 Å². The van der Waals surface area contributed by atoms with E-state index in [4.69, 9.17) is 5.73 Å². The Bertz CT molecular complexity index is 135. The van der Waals surface area contributed by atoms with E-state index >= 15 is 0 Å². The van der Waals surface area contributed by atoms with E-state index in [-0.39, 0.29) is 0 Å². The Morgan fingerprint density at radius 1 is 1.25 bits per heavy atom. The molecule has 0 saturated carbocycles. The van der Waals surface area contributed by atoms with Crippen LogP contribution in [0.1, 0.15) is 47.0 Å². The number of hydrogen-bond acceptors (Lipinski definition) is 2. The first-order chi connectivity index (χ1) is 7.74. The molecule has 0 aliphatic heterocycles. The Kier molecular flexibility index (Phi) is 16.5. The van der Waals surface area contributed by atoms with Crippen molar-refractivity contribution in [3.63, 3.8) is 0 Å². The van der Waals surface area contributed by atoms with Crippen molar-refractivity contribution in [2.45, 2.75) is 47.0 Å². The number of likely N-dealkylation sites (N-methyl/N-ethyl adjacent to an activating group) is 1. The van der Waals surface area contributed by atoms with Crippen molar-refractivity contribution in [1.82, 2.24) is 4.90 Å². The van der Waals surface area contributed by atoms with Crippen LogP contribution in [-0.4, -0.2) is 31.1 Å². The molecule has 0 aliphatic carbocycles. The van der Waals surface area contributed by atoms with Crippen LogP contribution in [0.15, 0.2) is 12.7 Å². The molecule has 0 bridgehead atoms. The van der Waals surface area contributed by atoms with Crippen LogP contribution >= 0.6 is 0 Å². The maximum absolute atomic E-state index is 5.52. The van der Waals surface area contributed by atoms with E-state index < -0.39 is 0 Å². The first-order valence-electron chi connectivity index (χ1n) is 6.79. The summed E-state index contributed by atoms with van der Waals surface area (Å²) < 4.78 is 0. The van der Waals surface area contributed by atoms with Gasteiger partial charge in [0.1, 0.15) is 0 Å². The smallest absolute Gasteiger partial charge is 0.0104 e. The molecule has 0 spiro atoms. The van der Waals surface area contributed by atoms with Crippen LogP contribution < -0.4 is 5.73 Å². The fourth-order valence-corrected chi connectivity index (χ4v) is 1.53. The van der Waals surface area contributed by atoms with Gasteiger partial charge in [0.05, 0.1) is 0 Å². The van der Waals surface area contributed by atoms with E-state index in [2.05, 4.69) is 25.3 Å². The summed E-state index contributed by atoms with van der Waals surface area (Å²) >= 11 is 0. The summed E-state index contributed by atoms with van der Waals surface area (Å²) in [6, 6.07) is 0. The van der Waals surface area contributed by atoms with Crippen LogP contribution in [0.5, 0.6) is 0 Å². The number of nitrogens with zero attached hydrogens (tertiary/aromatic N) is 1. The van der Waals surface area contributed by atoms with Crippen molar-refractivity contribution in [3.05, 3.63) is 12.7 Å². The topological polar surface area (TPSA) is 29.3 Å². The standard InChI is InChI=1S/C12H26N2.C2H6/c1-4-12(3)8-6-7-10-14(5-2)11-9-13;1-2/h4,12H,1,5-11,13H2,2-3H3;1-2H3. The van der Waals surface area contributed by atoms with Gasteiger partial charge in [0.25, 0.3) is 0 Å². The third-order valence-corrected chi connectivity index (χ3v) is 2.68. The van der Waals surface area contributed by atoms with Gasteiger partial charge in [-0.15, -0.1) is 6.58 Å². The molecule has 16 heavy (non-hydrogen) atoms. The number of nitrogens with two attached hydrogens (primary N) is 1. The molecule has 2 N–H and O–H groups in total. The number of allylic oxidation sites excluding steroid dienone is 1. The highest BCUT2D eigenvalue weighted by atomic mass is 15.1. The SMILES string of the molecule is C=CC(C)CCCCN(CC)CCN.CC. The van der Waals surface area contributed by atoms with Crippen molar-refractivity contribution in [2.24, 2.45) is 11.7 Å². The molecule has 1 atom stereocenters. The minimum Gasteiger partial charge on any atom is -0.329 e. The molecule has 0 rings (SSSR count). The van der Waals surface area contributed by atoms with Gasteiger partial charge in [-0.2, -0.15) is 0 Å². The van der Waals surface area contributed by atoms with Gasteiger partial charge >= 0.3 is 0 Å². The predicted octanol–water partition coefficient (Wildman–Crippen LogP) is 3.29. The molecule has 0 amide bonds. The first-order valence-corrected chi connectivity index (χ1v) is 6.79. The number of hydrogen-bond donors (Lipinski definition) is 1. The average molecular weight is 228 g/mol. The van der Waals surface area contributed by atoms with Crippen LogP contribution in [-0.2, 0) is 0 Å². The van der Waals surface area contributed by atoms with E-state index in [0.29, 0.717) is 5.92 Å². The van der Waals surface area contributed by atoms with Crippen LogP contribution in [0.3, 0.4) is 0 Å². The molecule has 0 aliphatic rings. The molecule has 0 fully saturated rings. The lowest BCUT2D eigenvalue weighted by atomic mass is 10.0. The fraction of sp³-hybridized carbons (Fsp3) is 0.857. The fourth-order valence-electron chi connectivity index (χ4n) is 1.53. The van der Waals surface area contributed by atoms with Gasteiger partial charge in [-0.05, 0) is 31.8 Å². The lowest BCUT2D eigenvalue weighted by Gasteiger charge is -2.19. The van der Waals surface area contributed by atoms with Crippen molar-refractivity contribution in [1.29, 1.82) is 0 Å². The van der Waals surface area contributed by atoms with E-state index in [0.717, 1.165) is 19.6 Å². The summed E-state index contributed by atoms with van der Waals surface area (Å²) in [5.74, 6) is 0.666. The van der Waals surface area contributed by atoms with Gasteiger partial charge < -0.3 is 10.6 Å². The highest BCUT2D eigenvalue weighted by molar-refractivity contribution is 4.74. The summed E-state index contributed by atoms with van der Waals surface area (Å²) in [5.41, 5.74) is 5.52. The molecule has 0 aromatic heterocycles. The predicted molar refractivity (Wildman–Crippen MR) is 75.7 cm³/mol. The minimum absolute atomic E-state index is 0.666. The number of rotatable bonds is 9. The molecule has 2 heteroatoms. The van der Waals surface area contributed by atoms with Crippen LogP contribution in [0.25, 0.3) is 0 Å². The Labute approximate surface area is 103 Å². The molecule has 1 unspecified atom stereocenters. The molecule has 2 nitrogen and oxygen atoms in total. The summed E-state index contributed by atoms with van der Waals surface area (Å²) in [6.45, 7) is 16.3. The van der Waals surface area contributed by atoms with Gasteiger partial charge in [-0.25, -0.2) is 0 Å². The second-order valence-corrected chi connectivity index (χ2v) is 3.93. The van der Waals surface area contributed by atoms with E-state index in [1.54, 1.807) is 0 Å². The normalized spacial score (nSPS) is 11.9. The first kappa shape index (κ1) is 18.0. The van der Waals surface area contributed by atoms with Crippen molar-refractivity contribution >= 4 is 0 Å². The molecule has 0 radical (unpaired) electrons. The minimum atomic E-state index is 0.666. The maximum atomic E-state index is 5.52. The Hall–Kier alpha value is -0.340. The molecule has 0 aromatic rings. The molecular formula is C14H32N2. The second kappa shape index (κ2) is 14.7. The lowest BCUT2D eigenvalue weighted by Crippen LogP contribution is -2.30. The Morgan fingerprint density at radius 2 is 1.88 bits per heavy atom. The van der Waals surface area contributed by atoms with Crippen molar-refractivity contribution in [3.8, 4) is 0 Å². The zero-order valence-corrected chi connectivity index (χ0v) is 11.8. The van der Waals surface area contributed by atoms with Gasteiger partial charge in [-0.3, -0.25) is 0 Å². The summed E-state index contributed by atoms with van der Waals surface area (Å²) in [4.78, 5) is 2.42. The van der Waals surface area contributed by atoms with E-state index in [9.17, 15) is 0 Å². The third kappa shape index (κ3) is 11.7. The lowest BCUT2D eigenvalue weighted by molar-refractivity contribution is 0.287. The molecule has 0 aromatic carbocycles. The summed E-state index contributed by atoms with van der Waals surface area (Å²) in [7, 11) is 0. The zero-order valence-electron chi connectivity index (χ0n) is 11.8. The van der Waals surface area contributed by atoms with Crippen molar-refractivity contribution < 1.29 is 0 Å². The molecule has 0 heterocycles. The average Bonchev–Trinajstić information content (AvgIpc) is 2.35. The van der Waals surface area contributed by atoms with Gasteiger partial charge in [0.15, 0.2) is 0 Å². The Balaban J connectivity index is 0. The quantitative estimate of drug-likeness (QED) is 0.485. The van der Waals surface area contributed by atoms with Crippen LogP contribution in [0.2, 0.25) is 0 Å². The zero-order chi connectivity index (χ0) is 12.8. The van der Waals surface area contributed by atoms with E-state index in [1.165, 1.54) is 25.8 Å². The highest BCUT2D eigenvalue weighted by Crippen LogP contribution is 2.08. The molecular weight excluding hydrogens is 196 g/mol. The molecule has 98 valence electrons. The van der Waals surface area contributed by atoms with Crippen molar-refractivity contribution in [2.75, 3.05) is 26.2 Å². The van der Waals surface area contributed by atoms with Crippen LogP contribution in [0.4, 0.5) is 0 Å². The highest BCUT2D eigenvalue weighted by Gasteiger charge is 2.01. The summed E-state index contributed by atoms with van der Waals surface area (Å²) in [5, 5.41) is 0. The Morgan fingerprint density at radius 3 is 2.31 bits per heavy atom. The maximum Gasteiger partial charge on any atom is 0.0104 e. The third-order valence-electron chi connectivity index (χ3n) is 2.68. The number of unbranched alkanes of at least 4 members (excludes halogenated alkanes) is 1. The second-order valence-electron chi connectivity index (χ2n) is 3.93. The van der Waals surface area contributed by atoms with E-state index in [1.807, 2.05) is 19.9 Å². The van der Waals surface area contributed by atoms with Gasteiger partial charge in [0, 0.05) is 13.1 Å². The largest absolute Gasteiger partial charge is 0.329 e. The van der Waals surface area contributed by atoms with Gasteiger partial charge in [-0.1, -0.05) is 40.2 Å².